The molecule has 0 amide bonds. The monoisotopic (exact) mass is 363 g/mol. The van der Waals surface area contributed by atoms with Gasteiger partial charge in [0.1, 0.15) is 0 Å². The van der Waals surface area contributed by atoms with Crippen LogP contribution in [0.2, 0.25) is 0 Å². The highest BCUT2D eigenvalue weighted by molar-refractivity contribution is 7.20. The summed E-state index contributed by atoms with van der Waals surface area (Å²) in [6, 6.07) is 13.4. The van der Waals surface area contributed by atoms with E-state index in [-0.39, 0.29) is 5.78 Å². The lowest BCUT2D eigenvalue weighted by Gasteiger charge is -2.02. The molecule has 0 spiro atoms. The van der Waals surface area contributed by atoms with Gasteiger partial charge >= 0.3 is 0 Å². The van der Waals surface area contributed by atoms with Gasteiger partial charge in [0.05, 0.1) is 11.9 Å². The number of carbonyl (C=O) groups excluding carboxylic acids is 1. The fourth-order valence-corrected chi connectivity index (χ4v) is 3.50. The maximum absolute atomic E-state index is 11.6. The molecule has 0 aliphatic rings. The van der Waals surface area contributed by atoms with Crippen LogP contribution in [0.5, 0.6) is 0 Å². The minimum Gasteiger partial charge on any atom is -0.360 e. The molecular formula is C19H17N5OS. The fourth-order valence-electron chi connectivity index (χ4n) is 2.70. The quantitative estimate of drug-likeness (QED) is 0.529. The SMILES string of the molecule is CC(=O)c1cccc(-c2cnc3sc(NCCc4ccccn4)nn23)c1. The third kappa shape index (κ3) is 3.34. The van der Waals surface area contributed by atoms with E-state index in [0.29, 0.717) is 5.56 Å². The number of carbonyl (C=O) groups is 1. The molecule has 0 saturated heterocycles. The number of Topliss-reactive ketones (excluding diaryl/α,β-unsaturated/α-hetero) is 1. The number of rotatable bonds is 6. The van der Waals surface area contributed by atoms with Crippen LogP contribution >= 0.6 is 11.3 Å². The Kier molecular flexibility index (Phi) is 4.45. The van der Waals surface area contributed by atoms with Crippen molar-refractivity contribution in [1.29, 1.82) is 0 Å². The van der Waals surface area contributed by atoms with Gasteiger partial charge in [0, 0.05) is 36.0 Å². The van der Waals surface area contributed by atoms with Crippen LogP contribution in [0.1, 0.15) is 23.0 Å². The lowest BCUT2D eigenvalue weighted by molar-refractivity contribution is 0.101. The number of nitrogens with one attached hydrogen (secondary N) is 1. The van der Waals surface area contributed by atoms with Crippen LogP contribution < -0.4 is 5.32 Å². The Morgan fingerprint density at radius 3 is 2.92 bits per heavy atom. The maximum atomic E-state index is 11.6. The van der Waals surface area contributed by atoms with Crippen molar-refractivity contribution in [3.63, 3.8) is 0 Å². The van der Waals surface area contributed by atoms with Gasteiger partial charge in [-0.1, -0.05) is 35.6 Å². The molecule has 0 bridgehead atoms. The molecule has 26 heavy (non-hydrogen) atoms. The van der Waals surface area contributed by atoms with E-state index in [0.717, 1.165) is 40.0 Å². The summed E-state index contributed by atoms with van der Waals surface area (Å²) in [4.78, 5) is 21.2. The summed E-state index contributed by atoms with van der Waals surface area (Å²) < 4.78 is 1.81. The summed E-state index contributed by atoms with van der Waals surface area (Å²) in [7, 11) is 0. The van der Waals surface area contributed by atoms with Crippen LogP contribution in [-0.4, -0.2) is 31.9 Å². The van der Waals surface area contributed by atoms with Gasteiger partial charge in [-0.2, -0.15) is 0 Å². The molecule has 1 N–H and O–H groups in total. The number of hydrogen-bond donors (Lipinski definition) is 1. The molecule has 0 saturated carbocycles. The molecule has 0 aliphatic heterocycles. The minimum absolute atomic E-state index is 0.0442. The molecule has 4 rings (SSSR count). The standard InChI is InChI=1S/C19H17N5OS/c1-13(25)14-5-4-6-15(11-14)17-12-22-19-24(17)23-18(26-19)21-10-8-16-7-2-3-9-20-16/h2-7,9,11-12H,8,10H2,1H3,(H,21,23). The van der Waals surface area contributed by atoms with E-state index in [2.05, 4.69) is 20.4 Å². The lowest BCUT2D eigenvalue weighted by atomic mass is 10.1. The molecule has 0 aliphatic carbocycles. The Morgan fingerprint density at radius 1 is 1.19 bits per heavy atom. The largest absolute Gasteiger partial charge is 0.360 e. The molecule has 0 radical (unpaired) electrons. The van der Waals surface area contributed by atoms with E-state index in [1.165, 1.54) is 11.3 Å². The number of hydrogen-bond acceptors (Lipinski definition) is 6. The van der Waals surface area contributed by atoms with Gasteiger partial charge in [0.15, 0.2) is 5.78 Å². The van der Waals surface area contributed by atoms with Crippen LogP contribution in [0.3, 0.4) is 0 Å². The molecule has 1 aromatic carbocycles. The van der Waals surface area contributed by atoms with E-state index in [1.54, 1.807) is 19.3 Å². The highest BCUT2D eigenvalue weighted by Gasteiger charge is 2.12. The summed E-state index contributed by atoms with van der Waals surface area (Å²) >= 11 is 1.50. The highest BCUT2D eigenvalue weighted by Crippen LogP contribution is 2.26. The summed E-state index contributed by atoms with van der Waals surface area (Å²) in [5.41, 5.74) is 3.53. The molecule has 3 heterocycles. The number of benzene rings is 1. The zero-order valence-corrected chi connectivity index (χ0v) is 15.0. The van der Waals surface area contributed by atoms with E-state index in [1.807, 2.05) is 47.0 Å². The molecule has 0 unspecified atom stereocenters. The topological polar surface area (TPSA) is 72.2 Å². The van der Waals surface area contributed by atoms with Crippen LogP contribution in [-0.2, 0) is 6.42 Å². The van der Waals surface area contributed by atoms with Crippen molar-refractivity contribution in [2.45, 2.75) is 13.3 Å². The Hall–Kier alpha value is -3.06. The molecule has 4 aromatic rings. The normalized spacial score (nSPS) is 11.0. The van der Waals surface area contributed by atoms with Crippen LogP contribution in [0.15, 0.2) is 54.9 Å². The van der Waals surface area contributed by atoms with Gasteiger partial charge in [-0.05, 0) is 25.1 Å². The van der Waals surface area contributed by atoms with Crippen LogP contribution in [0.25, 0.3) is 16.2 Å². The van der Waals surface area contributed by atoms with Crippen molar-refractivity contribution in [2.24, 2.45) is 0 Å². The summed E-state index contributed by atoms with van der Waals surface area (Å²) in [6.45, 7) is 2.32. The first-order chi connectivity index (χ1) is 12.7. The Labute approximate surface area is 154 Å². The summed E-state index contributed by atoms with van der Waals surface area (Å²) in [5.74, 6) is 0.0442. The first-order valence-electron chi connectivity index (χ1n) is 8.30. The third-order valence-electron chi connectivity index (χ3n) is 4.03. The summed E-state index contributed by atoms with van der Waals surface area (Å²) in [5, 5.41) is 8.75. The third-order valence-corrected chi connectivity index (χ3v) is 4.91. The number of ketones is 1. The van der Waals surface area contributed by atoms with Crippen LogP contribution in [0.4, 0.5) is 5.13 Å². The van der Waals surface area contributed by atoms with E-state index in [9.17, 15) is 4.79 Å². The molecule has 6 nitrogen and oxygen atoms in total. The van der Waals surface area contributed by atoms with E-state index in [4.69, 9.17) is 0 Å². The second-order valence-electron chi connectivity index (χ2n) is 5.88. The van der Waals surface area contributed by atoms with Crippen molar-refractivity contribution >= 4 is 27.2 Å². The smallest absolute Gasteiger partial charge is 0.214 e. The van der Waals surface area contributed by atoms with E-state index >= 15 is 0 Å². The fraction of sp³-hybridized carbons (Fsp3) is 0.158. The van der Waals surface area contributed by atoms with E-state index < -0.39 is 0 Å². The predicted octanol–water partition coefficient (Wildman–Crippen LogP) is 3.71. The molecule has 7 heteroatoms. The average Bonchev–Trinajstić information content (AvgIpc) is 3.23. The second-order valence-corrected chi connectivity index (χ2v) is 6.84. The predicted molar refractivity (Wildman–Crippen MR) is 103 cm³/mol. The van der Waals surface area contributed by atoms with Crippen molar-refractivity contribution in [2.75, 3.05) is 11.9 Å². The molecule has 3 aromatic heterocycles. The number of imidazole rings is 1. The second kappa shape index (κ2) is 7.05. The van der Waals surface area contributed by atoms with Crippen LogP contribution in [0, 0.1) is 0 Å². The highest BCUT2D eigenvalue weighted by atomic mass is 32.1. The number of fused-ring (bicyclic) bond motifs is 1. The number of anilines is 1. The van der Waals surface area contributed by atoms with Gasteiger partial charge in [-0.15, -0.1) is 5.10 Å². The summed E-state index contributed by atoms with van der Waals surface area (Å²) in [6.07, 6.45) is 4.42. The molecular weight excluding hydrogens is 346 g/mol. The first-order valence-corrected chi connectivity index (χ1v) is 9.12. The lowest BCUT2D eigenvalue weighted by Crippen LogP contribution is -2.06. The zero-order chi connectivity index (χ0) is 17.9. The minimum atomic E-state index is 0.0442. The molecule has 0 atom stereocenters. The van der Waals surface area contributed by atoms with Gasteiger partial charge in [0.25, 0.3) is 0 Å². The van der Waals surface area contributed by atoms with Crippen molar-refractivity contribution in [3.8, 4) is 11.3 Å². The number of aromatic nitrogens is 4. The van der Waals surface area contributed by atoms with Crippen molar-refractivity contribution in [3.05, 3.63) is 66.1 Å². The average molecular weight is 363 g/mol. The van der Waals surface area contributed by atoms with Gasteiger partial charge in [-0.3, -0.25) is 9.78 Å². The molecule has 0 fully saturated rings. The maximum Gasteiger partial charge on any atom is 0.214 e. The zero-order valence-electron chi connectivity index (χ0n) is 14.2. The Morgan fingerprint density at radius 2 is 2.12 bits per heavy atom. The van der Waals surface area contributed by atoms with Gasteiger partial charge < -0.3 is 5.32 Å². The van der Waals surface area contributed by atoms with Crippen molar-refractivity contribution in [1.82, 2.24) is 19.6 Å². The molecule has 130 valence electrons. The Bertz CT molecular complexity index is 1050. The van der Waals surface area contributed by atoms with Crippen molar-refractivity contribution < 1.29 is 4.79 Å². The number of pyridine rings is 1. The van der Waals surface area contributed by atoms with Gasteiger partial charge in [0.2, 0.25) is 10.1 Å². The Balaban J connectivity index is 1.53. The number of nitrogens with zero attached hydrogens (tertiary/aromatic N) is 4. The van der Waals surface area contributed by atoms with Gasteiger partial charge in [-0.25, -0.2) is 9.50 Å². The first kappa shape index (κ1) is 16.4.